The van der Waals surface area contributed by atoms with E-state index < -0.39 is 17.8 Å². The molecule has 1 aliphatic rings. The molecule has 0 aromatic heterocycles. The van der Waals surface area contributed by atoms with Crippen molar-refractivity contribution in [2.75, 3.05) is 11.5 Å². The quantitative estimate of drug-likeness (QED) is 0.260. The van der Waals surface area contributed by atoms with Crippen LogP contribution in [-0.2, 0) is 16.2 Å². The van der Waals surface area contributed by atoms with E-state index in [-0.39, 0.29) is 18.0 Å². The number of hydrogen-bond donors (Lipinski definition) is 1. The van der Waals surface area contributed by atoms with Gasteiger partial charge in [-0.15, -0.1) is 0 Å². The third kappa shape index (κ3) is 5.66. The average Bonchev–Trinajstić information content (AvgIpc) is 2.83. The zero-order valence-electron chi connectivity index (χ0n) is 18.9. The molecule has 36 heavy (non-hydrogen) atoms. The van der Waals surface area contributed by atoms with E-state index in [2.05, 4.69) is 37.2 Å². The van der Waals surface area contributed by atoms with Crippen molar-refractivity contribution in [3.05, 3.63) is 92.1 Å². The van der Waals surface area contributed by atoms with Gasteiger partial charge in [0.15, 0.2) is 11.5 Å². The van der Waals surface area contributed by atoms with E-state index in [1.165, 1.54) is 18.2 Å². The first-order valence-corrected chi connectivity index (χ1v) is 12.4. The average molecular weight is 618 g/mol. The van der Waals surface area contributed by atoms with Gasteiger partial charge in [0.25, 0.3) is 11.8 Å². The summed E-state index contributed by atoms with van der Waals surface area (Å²) >= 11 is 6.76. The van der Waals surface area contributed by atoms with Crippen molar-refractivity contribution in [3.63, 3.8) is 0 Å². The molecule has 10 heteroatoms. The Balaban J connectivity index is 1.66. The minimum absolute atomic E-state index is 0.107. The van der Waals surface area contributed by atoms with Crippen molar-refractivity contribution in [2.45, 2.75) is 13.5 Å². The highest BCUT2D eigenvalue weighted by atomic mass is 79.9. The van der Waals surface area contributed by atoms with Crippen LogP contribution in [0.1, 0.15) is 18.1 Å². The van der Waals surface area contributed by atoms with E-state index >= 15 is 0 Å². The smallest absolute Gasteiger partial charge is 0.335 e. The van der Waals surface area contributed by atoms with Crippen LogP contribution in [0.4, 0.5) is 14.9 Å². The van der Waals surface area contributed by atoms with Crippen LogP contribution in [0.15, 0.2) is 75.2 Å². The summed E-state index contributed by atoms with van der Waals surface area (Å²) in [6, 6.07) is 15.0. The SMILES string of the molecule is CCOc1cc(/C=C2\C(=O)NC(=O)N(c3ccc(Br)cc3)C2=O)c(Br)cc1OCc1cccc(F)c1. The van der Waals surface area contributed by atoms with E-state index in [4.69, 9.17) is 9.47 Å². The summed E-state index contributed by atoms with van der Waals surface area (Å²) in [6.45, 7) is 2.24. The molecule has 0 bridgehead atoms. The van der Waals surface area contributed by atoms with Crippen LogP contribution < -0.4 is 19.7 Å². The molecule has 1 aliphatic heterocycles. The number of carbonyl (C=O) groups is 3. The van der Waals surface area contributed by atoms with E-state index in [0.29, 0.717) is 39.4 Å². The molecule has 4 amide bonds. The molecule has 7 nitrogen and oxygen atoms in total. The first kappa shape index (κ1) is 25.6. The summed E-state index contributed by atoms with van der Waals surface area (Å²) in [6.07, 6.45) is 1.37. The minimum Gasteiger partial charge on any atom is -0.490 e. The van der Waals surface area contributed by atoms with Gasteiger partial charge in [0.1, 0.15) is 18.0 Å². The predicted molar refractivity (Wildman–Crippen MR) is 139 cm³/mol. The molecule has 0 unspecified atom stereocenters. The summed E-state index contributed by atoms with van der Waals surface area (Å²) in [5, 5.41) is 2.20. The van der Waals surface area contributed by atoms with Gasteiger partial charge in [0.05, 0.1) is 12.3 Å². The van der Waals surface area contributed by atoms with E-state index in [9.17, 15) is 18.8 Å². The summed E-state index contributed by atoms with van der Waals surface area (Å²) < 4.78 is 26.3. The number of nitrogens with zero attached hydrogens (tertiary/aromatic N) is 1. The molecule has 3 aromatic rings. The number of halogens is 3. The Hall–Kier alpha value is -3.50. The third-order valence-corrected chi connectivity index (χ3v) is 6.35. The molecule has 0 saturated carbocycles. The lowest BCUT2D eigenvalue weighted by Crippen LogP contribution is -2.54. The van der Waals surface area contributed by atoms with Gasteiger partial charge < -0.3 is 9.47 Å². The molecule has 3 aromatic carbocycles. The summed E-state index contributed by atoms with van der Waals surface area (Å²) in [5.41, 5.74) is 1.19. The molecule has 0 radical (unpaired) electrons. The van der Waals surface area contributed by atoms with Crippen molar-refractivity contribution >= 4 is 61.5 Å². The number of hydrogen-bond acceptors (Lipinski definition) is 5. The number of ether oxygens (including phenoxy) is 2. The van der Waals surface area contributed by atoms with Gasteiger partial charge in [0, 0.05) is 8.95 Å². The van der Waals surface area contributed by atoms with Gasteiger partial charge in [-0.2, -0.15) is 0 Å². The highest BCUT2D eigenvalue weighted by Crippen LogP contribution is 2.36. The second-order valence-corrected chi connectivity index (χ2v) is 9.38. The van der Waals surface area contributed by atoms with Crippen molar-refractivity contribution in [2.24, 2.45) is 0 Å². The van der Waals surface area contributed by atoms with E-state index in [1.54, 1.807) is 55.5 Å². The molecular formula is C26H19Br2FN2O5. The number of rotatable bonds is 7. The molecule has 184 valence electrons. The monoisotopic (exact) mass is 616 g/mol. The van der Waals surface area contributed by atoms with Crippen LogP contribution in [0.3, 0.4) is 0 Å². The lowest BCUT2D eigenvalue weighted by atomic mass is 10.1. The lowest BCUT2D eigenvalue weighted by Gasteiger charge is -2.26. The van der Waals surface area contributed by atoms with Gasteiger partial charge in [-0.1, -0.05) is 44.0 Å². The van der Waals surface area contributed by atoms with E-state index in [1.807, 2.05) is 0 Å². The second-order valence-electron chi connectivity index (χ2n) is 7.61. The molecule has 4 rings (SSSR count). The Bertz CT molecular complexity index is 1380. The number of benzene rings is 3. The molecule has 0 aliphatic carbocycles. The van der Waals surface area contributed by atoms with Gasteiger partial charge in [-0.3, -0.25) is 14.9 Å². The van der Waals surface area contributed by atoms with Crippen LogP contribution in [0.2, 0.25) is 0 Å². The maximum absolute atomic E-state index is 13.5. The Morgan fingerprint density at radius 3 is 2.39 bits per heavy atom. The zero-order chi connectivity index (χ0) is 25.8. The Labute approximate surface area is 223 Å². The number of carbonyl (C=O) groups excluding carboxylic acids is 3. The topological polar surface area (TPSA) is 84.9 Å². The standard InChI is InChI=1S/C26H19Br2FN2O5/c1-2-35-22-12-16(21(28)13-23(22)36-14-15-4-3-5-18(29)10-15)11-20-24(32)30-26(34)31(25(20)33)19-8-6-17(27)7-9-19/h3-13H,2,14H2,1H3,(H,30,32,34)/b20-11+. The fourth-order valence-corrected chi connectivity index (χ4v) is 4.17. The van der Waals surface area contributed by atoms with Gasteiger partial charge >= 0.3 is 6.03 Å². The van der Waals surface area contributed by atoms with Crippen molar-refractivity contribution < 1.29 is 28.2 Å². The fraction of sp³-hybridized carbons (Fsp3) is 0.115. The molecule has 0 atom stereocenters. The van der Waals surface area contributed by atoms with Crippen LogP contribution in [-0.4, -0.2) is 24.5 Å². The molecule has 1 saturated heterocycles. The largest absolute Gasteiger partial charge is 0.490 e. The van der Waals surface area contributed by atoms with Gasteiger partial charge in [-0.05, 0) is 72.7 Å². The van der Waals surface area contributed by atoms with Crippen molar-refractivity contribution in [1.29, 1.82) is 0 Å². The first-order chi connectivity index (χ1) is 17.3. The lowest BCUT2D eigenvalue weighted by molar-refractivity contribution is -0.122. The number of amides is 4. The molecular weight excluding hydrogens is 599 g/mol. The number of imide groups is 2. The normalized spacial score (nSPS) is 14.7. The summed E-state index contributed by atoms with van der Waals surface area (Å²) in [7, 11) is 0. The molecule has 0 spiro atoms. The van der Waals surface area contributed by atoms with Crippen molar-refractivity contribution in [3.8, 4) is 11.5 Å². The Morgan fingerprint density at radius 2 is 1.69 bits per heavy atom. The minimum atomic E-state index is -0.834. The maximum Gasteiger partial charge on any atom is 0.335 e. The number of anilines is 1. The maximum atomic E-state index is 13.5. The van der Waals surface area contributed by atoms with E-state index in [0.717, 1.165) is 9.37 Å². The number of nitrogens with one attached hydrogen (secondary N) is 1. The summed E-state index contributed by atoms with van der Waals surface area (Å²) in [5.74, 6) is -1.18. The first-order valence-electron chi connectivity index (χ1n) is 10.8. The van der Waals surface area contributed by atoms with Gasteiger partial charge in [-0.25, -0.2) is 14.1 Å². The third-order valence-electron chi connectivity index (χ3n) is 5.13. The fourth-order valence-electron chi connectivity index (χ4n) is 3.47. The second kappa shape index (κ2) is 11.0. The highest BCUT2D eigenvalue weighted by molar-refractivity contribution is 9.10. The summed E-state index contributed by atoms with van der Waals surface area (Å²) in [4.78, 5) is 39.1. The van der Waals surface area contributed by atoms with Crippen LogP contribution >= 0.6 is 31.9 Å². The van der Waals surface area contributed by atoms with Crippen LogP contribution in [0, 0.1) is 5.82 Å². The Kier molecular flexibility index (Phi) is 7.85. The Morgan fingerprint density at radius 1 is 0.972 bits per heavy atom. The predicted octanol–water partition coefficient (Wildman–Crippen LogP) is 5.99. The molecule has 1 heterocycles. The molecule has 1 N–H and O–H groups in total. The molecule has 1 fully saturated rings. The van der Waals surface area contributed by atoms with Crippen molar-refractivity contribution in [1.82, 2.24) is 5.32 Å². The van der Waals surface area contributed by atoms with Crippen LogP contribution in [0.25, 0.3) is 6.08 Å². The number of barbiturate groups is 1. The highest BCUT2D eigenvalue weighted by Gasteiger charge is 2.37. The van der Waals surface area contributed by atoms with Crippen LogP contribution in [0.5, 0.6) is 11.5 Å². The van der Waals surface area contributed by atoms with Gasteiger partial charge in [0.2, 0.25) is 0 Å². The number of urea groups is 1. The zero-order valence-corrected chi connectivity index (χ0v) is 22.1.